The van der Waals surface area contributed by atoms with Crippen molar-refractivity contribution >= 4 is 29.7 Å². The van der Waals surface area contributed by atoms with Gasteiger partial charge in [-0.05, 0) is 24.6 Å². The standard InChI is InChI=1S/C16H35O2PS2.Mo.O/c1-3-5-7-9-11-13-15-17-19(20,21)18-16-14-12-10-8-6-4-2;;/h3-16H2,1-2H3,(H,20,21);;. The fourth-order valence-corrected chi connectivity index (χ4v) is 3.89. The molecule has 0 radical (unpaired) electrons. The first-order valence-corrected chi connectivity index (χ1v) is 13.5. The fraction of sp³-hybridized carbons (Fsp3) is 1.00. The van der Waals surface area contributed by atoms with E-state index in [1.807, 2.05) is 0 Å². The van der Waals surface area contributed by atoms with Gasteiger partial charge in [0.15, 0.2) is 0 Å². The van der Waals surface area contributed by atoms with Crippen LogP contribution in [0.3, 0.4) is 0 Å². The summed E-state index contributed by atoms with van der Waals surface area (Å²) in [6.45, 7) is 5.87. The minimum absolute atomic E-state index is 0.698. The van der Waals surface area contributed by atoms with Gasteiger partial charge in [-0.2, -0.15) is 0 Å². The second kappa shape index (κ2) is 21.5. The van der Waals surface area contributed by atoms with Gasteiger partial charge in [0, 0.05) is 0 Å². The average molecular weight is 467 g/mol. The first kappa shape index (κ1) is 26.6. The second-order valence-corrected chi connectivity index (χ2v) is 11.0. The Morgan fingerprint density at radius 2 is 1.04 bits per heavy atom. The van der Waals surface area contributed by atoms with Gasteiger partial charge in [-0.3, -0.25) is 0 Å². The van der Waals surface area contributed by atoms with Crippen LogP contribution >= 0.6 is 17.9 Å². The van der Waals surface area contributed by atoms with Crippen LogP contribution in [-0.2, 0) is 44.0 Å². The SMILES string of the molecule is CCCCCCCCOP(=S)(S)OCCCCCCCC.[O]=[Mo]. The summed E-state index contributed by atoms with van der Waals surface area (Å²) in [5, 5.41) is 0. The molecule has 0 saturated carbocycles. The molecular formula is C16H35MoO3PS2. The summed E-state index contributed by atoms with van der Waals surface area (Å²) in [4.78, 5) is 0. The maximum absolute atomic E-state index is 8.26. The number of unbranched alkanes of at least 4 members (excludes halogenated alkanes) is 10. The molecule has 0 N–H and O–H groups in total. The van der Waals surface area contributed by atoms with Crippen molar-refractivity contribution in [1.82, 2.24) is 0 Å². The molecule has 0 aliphatic carbocycles. The van der Waals surface area contributed by atoms with Gasteiger partial charge >= 0.3 is 23.2 Å². The zero-order valence-corrected chi connectivity index (χ0v) is 19.4. The van der Waals surface area contributed by atoms with Crippen LogP contribution in [0.2, 0.25) is 0 Å². The first-order valence-electron chi connectivity index (χ1n) is 8.91. The predicted molar refractivity (Wildman–Crippen MR) is 103 cm³/mol. The molecule has 0 aromatic rings. The van der Waals surface area contributed by atoms with Gasteiger partial charge in [-0.1, -0.05) is 90.3 Å². The van der Waals surface area contributed by atoms with Gasteiger partial charge in [0.05, 0.1) is 13.2 Å². The quantitative estimate of drug-likeness (QED) is 0.118. The van der Waals surface area contributed by atoms with Gasteiger partial charge in [0.2, 0.25) is 5.69 Å². The van der Waals surface area contributed by atoms with E-state index in [-0.39, 0.29) is 0 Å². The van der Waals surface area contributed by atoms with Crippen molar-refractivity contribution in [2.24, 2.45) is 0 Å². The molecule has 0 spiro atoms. The molecule has 140 valence electrons. The Kier molecular flexibility index (Phi) is 24.8. The number of hydrogen-bond donors (Lipinski definition) is 1. The molecule has 0 amide bonds. The molecule has 0 saturated heterocycles. The van der Waals surface area contributed by atoms with Gasteiger partial charge in [0.25, 0.3) is 0 Å². The maximum atomic E-state index is 8.26. The van der Waals surface area contributed by atoms with Crippen LogP contribution < -0.4 is 0 Å². The normalized spacial score (nSPS) is 11.1. The molecule has 0 atom stereocenters. The Labute approximate surface area is 165 Å². The van der Waals surface area contributed by atoms with E-state index in [0.29, 0.717) is 33.0 Å². The van der Waals surface area contributed by atoms with Crippen LogP contribution in [0, 0.1) is 0 Å². The second-order valence-electron chi connectivity index (χ2n) is 5.67. The van der Waals surface area contributed by atoms with Crippen LogP contribution in [0.15, 0.2) is 0 Å². The van der Waals surface area contributed by atoms with E-state index >= 15 is 0 Å². The van der Waals surface area contributed by atoms with E-state index in [1.165, 1.54) is 64.2 Å². The Hall–Kier alpha value is 1.41. The third-order valence-electron chi connectivity index (χ3n) is 3.50. The monoisotopic (exact) mass is 468 g/mol. The van der Waals surface area contributed by atoms with Crippen molar-refractivity contribution in [3.8, 4) is 0 Å². The fourth-order valence-electron chi connectivity index (χ4n) is 2.16. The van der Waals surface area contributed by atoms with Crippen LogP contribution in [-0.4, -0.2) is 13.2 Å². The van der Waals surface area contributed by atoms with Gasteiger partial charge < -0.3 is 9.05 Å². The molecule has 0 aliphatic heterocycles. The Morgan fingerprint density at radius 1 is 0.739 bits per heavy atom. The molecule has 0 fully saturated rings. The van der Waals surface area contributed by atoms with E-state index in [2.05, 4.69) is 26.1 Å². The van der Waals surface area contributed by atoms with Crippen molar-refractivity contribution < 1.29 is 32.2 Å². The molecule has 0 heterocycles. The summed E-state index contributed by atoms with van der Waals surface area (Å²) < 4.78 is 19.6. The van der Waals surface area contributed by atoms with Crippen LogP contribution in [0.1, 0.15) is 90.9 Å². The third kappa shape index (κ3) is 23.4. The molecular weight excluding hydrogens is 431 g/mol. The van der Waals surface area contributed by atoms with Crippen LogP contribution in [0.5, 0.6) is 0 Å². The molecule has 0 unspecified atom stereocenters. The van der Waals surface area contributed by atoms with Crippen molar-refractivity contribution in [1.29, 1.82) is 0 Å². The van der Waals surface area contributed by atoms with Crippen LogP contribution in [0.25, 0.3) is 0 Å². The predicted octanol–water partition coefficient (Wildman–Crippen LogP) is 6.77. The zero-order chi connectivity index (χ0) is 17.8. The topological polar surface area (TPSA) is 35.5 Å². The number of rotatable bonds is 16. The minimum atomic E-state index is -2.29. The molecule has 3 nitrogen and oxygen atoms in total. The zero-order valence-electron chi connectivity index (χ0n) is 14.8. The molecule has 0 aromatic carbocycles. The molecule has 23 heavy (non-hydrogen) atoms. The van der Waals surface area contributed by atoms with E-state index in [4.69, 9.17) is 24.3 Å². The summed E-state index contributed by atoms with van der Waals surface area (Å²) in [7, 11) is 0. The number of hydrogen-bond acceptors (Lipinski definition) is 4. The Morgan fingerprint density at radius 3 is 1.39 bits per heavy atom. The molecule has 0 aliphatic rings. The molecule has 0 bridgehead atoms. The van der Waals surface area contributed by atoms with E-state index in [9.17, 15) is 0 Å². The van der Waals surface area contributed by atoms with E-state index in [0.717, 1.165) is 12.8 Å². The third-order valence-corrected chi connectivity index (χ3v) is 5.85. The molecule has 7 heteroatoms. The first-order chi connectivity index (χ1) is 11.1. The molecule has 0 aromatic heterocycles. The summed E-state index contributed by atoms with van der Waals surface area (Å²) in [5.41, 5.74) is -2.29. The van der Waals surface area contributed by atoms with Gasteiger partial charge in [-0.25, -0.2) is 0 Å². The summed E-state index contributed by atoms with van der Waals surface area (Å²) in [6, 6.07) is 0. The number of thiol groups is 1. The van der Waals surface area contributed by atoms with Crippen molar-refractivity contribution in [3.05, 3.63) is 0 Å². The average Bonchev–Trinajstić information content (AvgIpc) is 2.55. The Balaban J connectivity index is 0. The summed E-state index contributed by atoms with van der Waals surface area (Å²) >= 11 is 10.4. The van der Waals surface area contributed by atoms with Crippen LogP contribution in [0.4, 0.5) is 0 Å². The van der Waals surface area contributed by atoms with Gasteiger partial charge in [0.1, 0.15) is 0 Å². The van der Waals surface area contributed by atoms with Crippen molar-refractivity contribution in [2.45, 2.75) is 90.9 Å². The summed E-state index contributed by atoms with van der Waals surface area (Å²) in [5.74, 6) is 0. The van der Waals surface area contributed by atoms with E-state index in [1.54, 1.807) is 0 Å². The Bertz CT molecular complexity index is 262. The van der Waals surface area contributed by atoms with Crippen molar-refractivity contribution in [2.75, 3.05) is 13.2 Å². The van der Waals surface area contributed by atoms with Gasteiger partial charge in [-0.15, -0.1) is 0 Å². The van der Waals surface area contributed by atoms with Crippen molar-refractivity contribution in [3.63, 3.8) is 0 Å². The summed E-state index contributed by atoms with van der Waals surface area (Å²) in [6.07, 6.45) is 15.1. The molecule has 0 rings (SSSR count). The van der Waals surface area contributed by atoms with E-state index < -0.39 is 5.69 Å².